The Labute approximate surface area is 119 Å². The molecular weight excluding hydrogens is 254 g/mol. The molecule has 1 unspecified atom stereocenters. The van der Waals surface area contributed by atoms with Gasteiger partial charge in [-0.05, 0) is 19.8 Å². The van der Waals surface area contributed by atoms with E-state index in [0.717, 1.165) is 25.7 Å². The summed E-state index contributed by atoms with van der Waals surface area (Å²) in [5.41, 5.74) is 0. The molecule has 2 fully saturated rings. The van der Waals surface area contributed by atoms with Crippen LogP contribution in [0.2, 0.25) is 0 Å². The van der Waals surface area contributed by atoms with Crippen LogP contribution in [0.5, 0.6) is 0 Å². The second-order valence-corrected chi connectivity index (χ2v) is 5.97. The summed E-state index contributed by atoms with van der Waals surface area (Å²) in [6, 6.07) is 3.08. The van der Waals surface area contributed by atoms with Crippen molar-refractivity contribution < 1.29 is 4.79 Å². The van der Waals surface area contributed by atoms with Crippen molar-refractivity contribution in [2.45, 2.75) is 31.8 Å². The number of nitrogens with zero attached hydrogens (tertiary/aromatic N) is 4. The average Bonchev–Trinajstić information content (AvgIpc) is 3.16. The summed E-state index contributed by atoms with van der Waals surface area (Å²) in [7, 11) is 1.84. The van der Waals surface area contributed by atoms with Crippen LogP contribution in [0.25, 0.3) is 0 Å². The van der Waals surface area contributed by atoms with E-state index in [9.17, 15) is 4.79 Å². The number of anilines is 1. The van der Waals surface area contributed by atoms with Crippen LogP contribution in [-0.4, -0.2) is 63.8 Å². The maximum absolute atomic E-state index is 12.0. The van der Waals surface area contributed by atoms with Crippen molar-refractivity contribution in [3.8, 4) is 0 Å². The van der Waals surface area contributed by atoms with Crippen molar-refractivity contribution in [3.05, 3.63) is 12.3 Å². The summed E-state index contributed by atoms with van der Waals surface area (Å²) in [6.07, 6.45) is 4.53. The molecule has 0 bridgehead atoms. The third-order valence-corrected chi connectivity index (χ3v) is 4.19. The van der Waals surface area contributed by atoms with Crippen molar-refractivity contribution in [2.24, 2.45) is 7.05 Å². The Hall–Kier alpha value is -1.40. The van der Waals surface area contributed by atoms with Gasteiger partial charge in [-0.2, -0.15) is 5.10 Å². The van der Waals surface area contributed by atoms with Gasteiger partial charge >= 0.3 is 0 Å². The third-order valence-electron chi connectivity index (χ3n) is 4.19. The highest BCUT2D eigenvalue weighted by Crippen LogP contribution is 2.28. The highest BCUT2D eigenvalue weighted by Gasteiger charge is 2.34. The predicted molar refractivity (Wildman–Crippen MR) is 77.5 cm³/mol. The van der Waals surface area contributed by atoms with Gasteiger partial charge in [0.05, 0.1) is 6.54 Å². The van der Waals surface area contributed by atoms with Crippen LogP contribution >= 0.6 is 0 Å². The molecule has 1 amide bonds. The molecule has 0 aromatic carbocycles. The Morgan fingerprint density at radius 2 is 2.25 bits per heavy atom. The van der Waals surface area contributed by atoms with Crippen LogP contribution < -0.4 is 5.32 Å². The van der Waals surface area contributed by atoms with Gasteiger partial charge in [0.15, 0.2) is 5.82 Å². The van der Waals surface area contributed by atoms with Crippen molar-refractivity contribution in [3.63, 3.8) is 0 Å². The first-order valence-electron chi connectivity index (χ1n) is 7.39. The summed E-state index contributed by atoms with van der Waals surface area (Å²) in [6.45, 7) is 5.82. The van der Waals surface area contributed by atoms with Crippen LogP contribution in [0.4, 0.5) is 5.82 Å². The highest BCUT2D eigenvalue weighted by molar-refractivity contribution is 5.91. The molecule has 1 aromatic rings. The molecule has 1 aliphatic carbocycles. The Morgan fingerprint density at radius 1 is 1.45 bits per heavy atom. The minimum Gasteiger partial charge on any atom is -0.308 e. The normalized spacial score (nSPS) is 24.8. The van der Waals surface area contributed by atoms with Gasteiger partial charge in [0.1, 0.15) is 0 Å². The van der Waals surface area contributed by atoms with Gasteiger partial charge in [-0.1, -0.05) is 0 Å². The molecule has 1 aromatic heterocycles. The van der Waals surface area contributed by atoms with Crippen molar-refractivity contribution in [1.29, 1.82) is 0 Å². The molecule has 20 heavy (non-hydrogen) atoms. The average molecular weight is 277 g/mol. The van der Waals surface area contributed by atoms with Gasteiger partial charge in [-0.3, -0.25) is 19.3 Å². The minimum atomic E-state index is 0.0235. The van der Waals surface area contributed by atoms with Gasteiger partial charge < -0.3 is 5.32 Å². The highest BCUT2D eigenvalue weighted by atomic mass is 16.2. The number of aromatic nitrogens is 2. The second kappa shape index (κ2) is 5.54. The molecule has 1 atom stereocenters. The quantitative estimate of drug-likeness (QED) is 0.872. The summed E-state index contributed by atoms with van der Waals surface area (Å²) in [5, 5.41) is 7.02. The smallest absolute Gasteiger partial charge is 0.239 e. The zero-order valence-electron chi connectivity index (χ0n) is 12.2. The largest absolute Gasteiger partial charge is 0.308 e. The van der Waals surface area contributed by atoms with E-state index < -0.39 is 0 Å². The zero-order chi connectivity index (χ0) is 14.1. The SMILES string of the molecule is CC1CN(C2CC2)CCN1CC(=O)Nc1ccn(C)n1. The van der Waals surface area contributed by atoms with E-state index >= 15 is 0 Å². The van der Waals surface area contributed by atoms with Crippen LogP contribution in [0, 0.1) is 0 Å². The van der Waals surface area contributed by atoms with E-state index in [1.807, 2.05) is 19.3 Å². The summed E-state index contributed by atoms with van der Waals surface area (Å²) >= 11 is 0. The number of rotatable bonds is 4. The summed E-state index contributed by atoms with van der Waals surface area (Å²) < 4.78 is 1.69. The molecule has 0 spiro atoms. The van der Waals surface area contributed by atoms with Crippen LogP contribution in [-0.2, 0) is 11.8 Å². The maximum Gasteiger partial charge on any atom is 0.239 e. The number of piperazine rings is 1. The fourth-order valence-corrected chi connectivity index (χ4v) is 2.88. The van der Waals surface area contributed by atoms with E-state index in [1.165, 1.54) is 12.8 Å². The standard InChI is InChI=1S/C14H23N5O/c1-11-9-19(12-3-4-12)8-7-18(11)10-14(20)15-13-5-6-17(2)16-13/h5-6,11-12H,3-4,7-10H2,1-2H3,(H,15,16,20). The van der Waals surface area contributed by atoms with Crippen molar-refractivity contribution in [2.75, 3.05) is 31.5 Å². The molecule has 6 nitrogen and oxygen atoms in total. The lowest BCUT2D eigenvalue weighted by Gasteiger charge is -2.39. The molecule has 1 N–H and O–H groups in total. The minimum absolute atomic E-state index is 0.0235. The first kappa shape index (κ1) is 13.6. The number of carbonyl (C=O) groups is 1. The van der Waals surface area contributed by atoms with Crippen molar-refractivity contribution >= 4 is 11.7 Å². The lowest BCUT2D eigenvalue weighted by atomic mass is 10.2. The Morgan fingerprint density at radius 3 is 2.85 bits per heavy atom. The van der Waals surface area contributed by atoms with Gasteiger partial charge in [0, 0.05) is 51.0 Å². The van der Waals surface area contributed by atoms with Crippen LogP contribution in [0.15, 0.2) is 12.3 Å². The van der Waals surface area contributed by atoms with E-state index in [-0.39, 0.29) is 5.91 Å². The first-order valence-corrected chi connectivity index (χ1v) is 7.39. The Balaban J connectivity index is 1.48. The lowest BCUT2D eigenvalue weighted by Crippen LogP contribution is -2.54. The zero-order valence-corrected chi connectivity index (χ0v) is 12.2. The monoisotopic (exact) mass is 277 g/mol. The third kappa shape index (κ3) is 3.19. The topological polar surface area (TPSA) is 53.4 Å². The number of carbonyl (C=O) groups excluding carboxylic acids is 1. The molecule has 110 valence electrons. The van der Waals surface area contributed by atoms with E-state index in [2.05, 4.69) is 27.1 Å². The molecule has 1 saturated heterocycles. The van der Waals surface area contributed by atoms with E-state index in [4.69, 9.17) is 0 Å². The molecule has 1 aliphatic heterocycles. The van der Waals surface area contributed by atoms with Gasteiger partial charge in [0.2, 0.25) is 5.91 Å². The summed E-state index contributed by atoms with van der Waals surface area (Å²) in [4.78, 5) is 16.9. The molecule has 2 heterocycles. The molecule has 3 rings (SSSR count). The van der Waals surface area contributed by atoms with Gasteiger partial charge in [0.25, 0.3) is 0 Å². The number of hydrogen-bond donors (Lipinski definition) is 1. The Kier molecular flexibility index (Phi) is 3.76. The van der Waals surface area contributed by atoms with E-state index in [0.29, 0.717) is 18.4 Å². The number of hydrogen-bond acceptors (Lipinski definition) is 4. The first-order chi connectivity index (χ1) is 9.61. The predicted octanol–water partition coefficient (Wildman–Crippen LogP) is 0.527. The molecule has 2 aliphatic rings. The number of aryl methyl sites for hydroxylation is 1. The maximum atomic E-state index is 12.0. The Bertz CT molecular complexity index is 482. The molecular formula is C14H23N5O. The van der Waals surface area contributed by atoms with Crippen molar-refractivity contribution in [1.82, 2.24) is 19.6 Å². The molecule has 0 radical (unpaired) electrons. The van der Waals surface area contributed by atoms with Gasteiger partial charge in [-0.15, -0.1) is 0 Å². The molecule has 1 saturated carbocycles. The summed E-state index contributed by atoms with van der Waals surface area (Å²) in [5.74, 6) is 0.650. The number of nitrogens with one attached hydrogen (secondary N) is 1. The lowest BCUT2D eigenvalue weighted by molar-refractivity contribution is -0.118. The fraction of sp³-hybridized carbons (Fsp3) is 0.714. The second-order valence-electron chi connectivity index (χ2n) is 5.97. The fourth-order valence-electron chi connectivity index (χ4n) is 2.88. The molecule has 6 heteroatoms. The van der Waals surface area contributed by atoms with Crippen LogP contribution in [0.1, 0.15) is 19.8 Å². The van der Waals surface area contributed by atoms with E-state index in [1.54, 1.807) is 4.68 Å². The van der Waals surface area contributed by atoms with Crippen LogP contribution in [0.3, 0.4) is 0 Å². The van der Waals surface area contributed by atoms with Gasteiger partial charge in [-0.25, -0.2) is 0 Å². The number of amides is 1.